The monoisotopic (exact) mass is 397 g/mol. The number of benzene rings is 1. The van der Waals surface area contributed by atoms with Crippen LogP contribution in [0.3, 0.4) is 0 Å². The smallest absolute Gasteiger partial charge is 0.161 e. The van der Waals surface area contributed by atoms with E-state index in [1.807, 2.05) is 30.6 Å². The third-order valence-corrected chi connectivity index (χ3v) is 5.85. The second-order valence-corrected chi connectivity index (χ2v) is 8.14. The number of β-amino-alcohol motifs (C(OH)–C–C–N with tert-alkyl or cyclic N) is 1. The Morgan fingerprint density at radius 2 is 1.97 bits per heavy atom. The molecule has 2 fully saturated rings. The van der Waals surface area contributed by atoms with E-state index in [1.165, 1.54) is 24.0 Å². The summed E-state index contributed by atoms with van der Waals surface area (Å²) in [5.41, 5.74) is 2.52. The van der Waals surface area contributed by atoms with Gasteiger partial charge in [0.15, 0.2) is 11.5 Å². The van der Waals surface area contributed by atoms with Gasteiger partial charge in [0.05, 0.1) is 7.11 Å². The number of aliphatic hydroxyl groups is 1. The summed E-state index contributed by atoms with van der Waals surface area (Å²) in [6.07, 6.45) is 5.76. The van der Waals surface area contributed by atoms with Crippen molar-refractivity contribution in [2.24, 2.45) is 0 Å². The van der Waals surface area contributed by atoms with Gasteiger partial charge in [-0.3, -0.25) is 9.88 Å². The summed E-state index contributed by atoms with van der Waals surface area (Å²) in [6, 6.07) is 10.2. The van der Waals surface area contributed by atoms with Crippen molar-refractivity contribution in [1.82, 2.24) is 14.8 Å². The molecular weight excluding hydrogens is 366 g/mol. The zero-order valence-corrected chi connectivity index (χ0v) is 17.2. The van der Waals surface area contributed by atoms with Crippen molar-refractivity contribution in [1.29, 1.82) is 0 Å². The molecule has 3 heterocycles. The van der Waals surface area contributed by atoms with Crippen LogP contribution >= 0.6 is 0 Å². The average Bonchev–Trinajstić information content (AvgIpc) is 3.22. The number of pyridine rings is 1. The Bertz CT molecular complexity index is 774. The first-order valence-electron chi connectivity index (χ1n) is 10.5. The van der Waals surface area contributed by atoms with Gasteiger partial charge in [0, 0.05) is 44.5 Å². The number of aromatic nitrogens is 1. The summed E-state index contributed by atoms with van der Waals surface area (Å²) in [4.78, 5) is 8.93. The quantitative estimate of drug-likeness (QED) is 0.702. The van der Waals surface area contributed by atoms with Gasteiger partial charge in [-0.05, 0) is 55.3 Å². The molecule has 0 radical (unpaired) electrons. The first-order valence-corrected chi connectivity index (χ1v) is 10.5. The molecule has 0 bridgehead atoms. The Balaban J connectivity index is 1.27. The number of rotatable bonds is 9. The number of nitrogens with zero attached hydrogens (tertiary/aromatic N) is 3. The molecule has 6 nitrogen and oxygen atoms in total. The lowest BCUT2D eigenvalue weighted by atomic mass is 9.92. The fourth-order valence-electron chi connectivity index (χ4n) is 4.22. The largest absolute Gasteiger partial charge is 0.493 e. The Morgan fingerprint density at radius 1 is 1.14 bits per heavy atom. The molecular formula is C23H31N3O3. The summed E-state index contributed by atoms with van der Waals surface area (Å²) in [6.45, 7) is 6.11. The van der Waals surface area contributed by atoms with Crippen molar-refractivity contribution in [2.45, 2.75) is 31.4 Å². The van der Waals surface area contributed by atoms with Gasteiger partial charge in [-0.2, -0.15) is 0 Å². The molecule has 1 N–H and O–H groups in total. The molecule has 4 rings (SSSR count). The maximum atomic E-state index is 10.2. The molecule has 1 atom stereocenters. The molecule has 2 aromatic rings. The molecule has 0 saturated carbocycles. The standard InChI is InChI=1S/C23H31N3O3/c1-28-23-11-18(13-26-14-20(15-26)19-5-4-8-24-12-19)6-7-22(23)29-17-21(27)16-25-9-2-3-10-25/h4-8,11-12,20-21,27H,2-3,9-10,13-17H2,1H3/t21-/m0/s1. The number of methoxy groups -OCH3 is 1. The van der Waals surface area contributed by atoms with E-state index in [4.69, 9.17) is 9.47 Å². The van der Waals surface area contributed by atoms with Crippen LogP contribution in [0.5, 0.6) is 11.5 Å². The van der Waals surface area contributed by atoms with E-state index in [1.54, 1.807) is 7.11 Å². The van der Waals surface area contributed by atoms with E-state index in [9.17, 15) is 5.11 Å². The number of hydrogen-bond donors (Lipinski definition) is 1. The highest BCUT2D eigenvalue weighted by Gasteiger charge is 2.28. The van der Waals surface area contributed by atoms with Gasteiger partial charge in [-0.25, -0.2) is 0 Å². The van der Waals surface area contributed by atoms with Gasteiger partial charge in [0.1, 0.15) is 12.7 Å². The van der Waals surface area contributed by atoms with Gasteiger partial charge >= 0.3 is 0 Å². The predicted molar refractivity (Wildman–Crippen MR) is 112 cm³/mol. The maximum absolute atomic E-state index is 10.2. The third-order valence-electron chi connectivity index (χ3n) is 5.85. The number of hydrogen-bond acceptors (Lipinski definition) is 6. The predicted octanol–water partition coefficient (Wildman–Crippen LogP) is 2.53. The first kappa shape index (κ1) is 20.1. The minimum Gasteiger partial charge on any atom is -0.493 e. The average molecular weight is 398 g/mol. The molecule has 6 heteroatoms. The van der Waals surface area contributed by atoms with E-state index in [0.29, 0.717) is 18.2 Å². The van der Waals surface area contributed by atoms with Crippen LogP contribution in [-0.2, 0) is 6.54 Å². The summed E-state index contributed by atoms with van der Waals surface area (Å²) in [5.74, 6) is 1.99. The van der Waals surface area contributed by atoms with Crippen molar-refractivity contribution in [2.75, 3.05) is 46.4 Å². The molecule has 29 heavy (non-hydrogen) atoms. The van der Waals surface area contributed by atoms with E-state index >= 15 is 0 Å². The van der Waals surface area contributed by atoms with E-state index in [0.717, 1.165) is 38.5 Å². The SMILES string of the molecule is COc1cc(CN2CC(c3cccnc3)C2)ccc1OC[C@@H](O)CN1CCCC1. The Kier molecular flexibility index (Phi) is 6.64. The van der Waals surface area contributed by atoms with Crippen LogP contribution in [0.25, 0.3) is 0 Å². The molecule has 0 amide bonds. The van der Waals surface area contributed by atoms with Crippen LogP contribution in [0.15, 0.2) is 42.7 Å². The minimum atomic E-state index is -0.483. The van der Waals surface area contributed by atoms with Crippen molar-refractivity contribution in [3.8, 4) is 11.5 Å². The van der Waals surface area contributed by atoms with Crippen molar-refractivity contribution in [3.63, 3.8) is 0 Å². The highest BCUT2D eigenvalue weighted by atomic mass is 16.5. The lowest BCUT2D eigenvalue weighted by molar-refractivity contribution is 0.0746. The lowest BCUT2D eigenvalue weighted by Crippen LogP contribution is -2.44. The normalized spacial score (nSPS) is 19.1. The fourth-order valence-corrected chi connectivity index (χ4v) is 4.22. The highest BCUT2D eigenvalue weighted by molar-refractivity contribution is 5.43. The highest BCUT2D eigenvalue weighted by Crippen LogP contribution is 2.31. The summed E-state index contributed by atoms with van der Waals surface area (Å²) in [7, 11) is 1.66. The molecule has 1 aromatic carbocycles. The molecule has 156 valence electrons. The minimum absolute atomic E-state index is 0.283. The number of aliphatic hydroxyl groups excluding tert-OH is 1. The van der Waals surface area contributed by atoms with Gasteiger partial charge in [-0.1, -0.05) is 12.1 Å². The van der Waals surface area contributed by atoms with Gasteiger partial charge in [0.2, 0.25) is 0 Å². The Morgan fingerprint density at radius 3 is 2.69 bits per heavy atom. The van der Waals surface area contributed by atoms with Crippen LogP contribution in [0.2, 0.25) is 0 Å². The fraction of sp³-hybridized carbons (Fsp3) is 0.522. The van der Waals surface area contributed by atoms with E-state index in [2.05, 4.69) is 26.9 Å². The van der Waals surface area contributed by atoms with Gasteiger partial charge in [-0.15, -0.1) is 0 Å². The van der Waals surface area contributed by atoms with Crippen LogP contribution < -0.4 is 9.47 Å². The second-order valence-electron chi connectivity index (χ2n) is 8.14. The van der Waals surface area contributed by atoms with Crippen LogP contribution in [-0.4, -0.2) is 72.4 Å². The lowest BCUT2D eigenvalue weighted by Gasteiger charge is -2.39. The summed E-state index contributed by atoms with van der Waals surface area (Å²) in [5, 5.41) is 10.2. The number of likely N-dealkylation sites (tertiary alicyclic amines) is 2. The van der Waals surface area contributed by atoms with Gasteiger partial charge in [0.25, 0.3) is 0 Å². The molecule has 0 aliphatic carbocycles. The topological polar surface area (TPSA) is 58.1 Å². The number of ether oxygens (including phenoxy) is 2. The third kappa shape index (κ3) is 5.26. The van der Waals surface area contributed by atoms with Crippen molar-refractivity contribution < 1.29 is 14.6 Å². The first-order chi connectivity index (χ1) is 14.2. The Labute approximate surface area is 173 Å². The zero-order valence-electron chi connectivity index (χ0n) is 17.2. The van der Waals surface area contributed by atoms with Crippen LogP contribution in [0.1, 0.15) is 29.9 Å². The molecule has 2 aliphatic heterocycles. The second kappa shape index (κ2) is 9.57. The van der Waals surface area contributed by atoms with Crippen LogP contribution in [0, 0.1) is 0 Å². The van der Waals surface area contributed by atoms with Crippen molar-refractivity contribution in [3.05, 3.63) is 53.9 Å². The zero-order chi connectivity index (χ0) is 20.1. The molecule has 0 spiro atoms. The summed E-state index contributed by atoms with van der Waals surface area (Å²) >= 11 is 0. The Hall–Kier alpha value is -2.15. The van der Waals surface area contributed by atoms with Crippen molar-refractivity contribution >= 4 is 0 Å². The molecule has 1 aromatic heterocycles. The van der Waals surface area contributed by atoms with E-state index < -0.39 is 6.10 Å². The summed E-state index contributed by atoms with van der Waals surface area (Å²) < 4.78 is 11.4. The molecule has 2 aliphatic rings. The van der Waals surface area contributed by atoms with Crippen LogP contribution in [0.4, 0.5) is 0 Å². The maximum Gasteiger partial charge on any atom is 0.161 e. The molecule has 0 unspecified atom stereocenters. The van der Waals surface area contributed by atoms with E-state index in [-0.39, 0.29) is 6.61 Å². The van der Waals surface area contributed by atoms with Gasteiger partial charge < -0.3 is 19.5 Å². The molecule has 2 saturated heterocycles.